The van der Waals surface area contributed by atoms with Gasteiger partial charge in [-0.1, -0.05) is 0 Å². The lowest BCUT2D eigenvalue weighted by Gasteiger charge is -2.12. The van der Waals surface area contributed by atoms with Crippen LogP contribution in [-0.4, -0.2) is 31.5 Å². The number of imidazole rings is 1. The Hall–Kier alpha value is -4.80. The highest BCUT2D eigenvalue weighted by molar-refractivity contribution is 6.05. The summed E-state index contributed by atoms with van der Waals surface area (Å²) in [4.78, 5) is 24.1. The first-order valence-electron chi connectivity index (χ1n) is 13.1. The van der Waals surface area contributed by atoms with Crippen LogP contribution in [0.15, 0.2) is 73.3 Å². The van der Waals surface area contributed by atoms with Gasteiger partial charge in [0.15, 0.2) is 0 Å². The van der Waals surface area contributed by atoms with Gasteiger partial charge in [0.1, 0.15) is 29.1 Å². The van der Waals surface area contributed by atoms with E-state index >= 15 is 0 Å². The molecule has 0 spiro atoms. The molecule has 11 heteroatoms. The molecule has 208 valence electrons. The molecule has 3 aromatic heterocycles. The van der Waals surface area contributed by atoms with E-state index in [4.69, 9.17) is 0 Å². The van der Waals surface area contributed by atoms with Crippen LogP contribution in [0.1, 0.15) is 42.1 Å². The predicted molar refractivity (Wildman–Crippen MR) is 146 cm³/mol. The van der Waals surface area contributed by atoms with E-state index in [0.717, 1.165) is 55.2 Å². The largest absolute Gasteiger partial charge is 0.381 e. The number of aromatic nitrogens is 4. The number of hydrogen-bond acceptors (Lipinski definition) is 5. The Morgan fingerprint density at radius 2 is 1.46 bits per heavy atom. The van der Waals surface area contributed by atoms with Crippen molar-refractivity contribution in [3.8, 4) is 11.4 Å². The summed E-state index contributed by atoms with van der Waals surface area (Å²) in [7, 11) is 0. The van der Waals surface area contributed by atoms with Crippen molar-refractivity contribution >= 4 is 28.3 Å². The molecule has 5 aromatic rings. The van der Waals surface area contributed by atoms with Gasteiger partial charge in [-0.2, -0.15) is 0 Å². The van der Waals surface area contributed by atoms with E-state index in [2.05, 4.69) is 25.6 Å². The lowest BCUT2D eigenvalue weighted by molar-refractivity contribution is 0.102. The van der Waals surface area contributed by atoms with E-state index in [1.807, 2.05) is 4.57 Å². The SMILES string of the molecule is Fc1cncc(-c2nc3ccc(F)cc3n2C2CC2)c1.O=C(Nc1ccc(F)cc1NC1CC1)c1cncc(F)c1. The number of fused-ring (bicyclic) bond motifs is 1. The van der Waals surface area contributed by atoms with Crippen molar-refractivity contribution in [1.29, 1.82) is 0 Å². The fourth-order valence-electron chi connectivity index (χ4n) is 4.43. The Balaban J connectivity index is 0.000000148. The number of benzene rings is 2. The minimum absolute atomic E-state index is 0.108. The van der Waals surface area contributed by atoms with Crippen LogP contribution in [-0.2, 0) is 0 Å². The second kappa shape index (κ2) is 11.0. The summed E-state index contributed by atoms with van der Waals surface area (Å²) >= 11 is 0. The van der Waals surface area contributed by atoms with Gasteiger partial charge in [0.25, 0.3) is 5.91 Å². The first kappa shape index (κ1) is 26.4. The summed E-state index contributed by atoms with van der Waals surface area (Å²) < 4.78 is 55.2. The van der Waals surface area contributed by atoms with Gasteiger partial charge >= 0.3 is 0 Å². The van der Waals surface area contributed by atoms with Crippen molar-refractivity contribution in [2.75, 3.05) is 10.6 Å². The van der Waals surface area contributed by atoms with Crippen molar-refractivity contribution in [3.63, 3.8) is 0 Å². The number of anilines is 2. The highest BCUT2D eigenvalue weighted by Gasteiger charge is 2.29. The highest BCUT2D eigenvalue weighted by Crippen LogP contribution is 2.41. The van der Waals surface area contributed by atoms with Gasteiger partial charge in [0.05, 0.1) is 40.4 Å². The van der Waals surface area contributed by atoms with Crippen LogP contribution in [0.4, 0.5) is 28.9 Å². The molecule has 7 nitrogen and oxygen atoms in total. The van der Waals surface area contributed by atoms with Crippen LogP contribution in [0.3, 0.4) is 0 Å². The number of halogens is 4. The Kier molecular flexibility index (Phi) is 7.08. The zero-order valence-corrected chi connectivity index (χ0v) is 21.6. The zero-order chi connectivity index (χ0) is 28.5. The summed E-state index contributed by atoms with van der Waals surface area (Å²) in [5, 5.41) is 5.79. The van der Waals surface area contributed by atoms with E-state index in [0.29, 0.717) is 34.8 Å². The smallest absolute Gasteiger partial charge is 0.257 e. The van der Waals surface area contributed by atoms with E-state index in [1.54, 1.807) is 12.3 Å². The molecule has 0 aliphatic heterocycles. The standard InChI is InChI=1S/C15H13F2N3O.C15H11F2N3/c16-10-1-4-13(14(6-10)19-12-2-3-12)20-15(21)9-5-11(17)8-18-7-9;16-10-1-4-13-14(6-10)20(12-2-3-12)15(19-13)9-5-11(17)8-18-7-9/h1,4-8,12,19H,2-3H2,(H,20,21);1,4-8,12H,2-3H2. The molecular formula is C30H24F4N6O. The van der Waals surface area contributed by atoms with Crippen LogP contribution in [0.5, 0.6) is 0 Å². The van der Waals surface area contributed by atoms with Crippen molar-refractivity contribution in [3.05, 3.63) is 102 Å². The normalized spacial score (nSPS) is 14.3. The van der Waals surface area contributed by atoms with Gasteiger partial charge in [0, 0.05) is 30.0 Å². The molecule has 41 heavy (non-hydrogen) atoms. The molecule has 2 aliphatic rings. The van der Waals surface area contributed by atoms with Gasteiger partial charge in [-0.05, 0) is 74.2 Å². The van der Waals surface area contributed by atoms with E-state index in [9.17, 15) is 22.4 Å². The maximum atomic E-state index is 13.5. The second-order valence-electron chi connectivity index (χ2n) is 10.0. The monoisotopic (exact) mass is 560 g/mol. The average Bonchev–Trinajstić information content (AvgIpc) is 3.89. The molecular weight excluding hydrogens is 536 g/mol. The summed E-state index contributed by atoms with van der Waals surface area (Å²) in [5.74, 6) is -1.50. The maximum Gasteiger partial charge on any atom is 0.257 e. The number of amides is 1. The van der Waals surface area contributed by atoms with E-state index < -0.39 is 17.5 Å². The molecule has 2 N–H and O–H groups in total. The van der Waals surface area contributed by atoms with Crippen molar-refractivity contribution in [2.24, 2.45) is 0 Å². The number of hydrogen-bond donors (Lipinski definition) is 2. The van der Waals surface area contributed by atoms with Crippen molar-refractivity contribution in [2.45, 2.75) is 37.8 Å². The molecule has 2 fully saturated rings. The fourth-order valence-corrected chi connectivity index (χ4v) is 4.43. The van der Waals surface area contributed by atoms with Gasteiger partial charge in [-0.15, -0.1) is 0 Å². The number of pyridine rings is 2. The Bertz CT molecular complexity index is 1750. The van der Waals surface area contributed by atoms with Crippen LogP contribution in [0.25, 0.3) is 22.4 Å². The molecule has 0 bridgehead atoms. The molecule has 0 saturated heterocycles. The number of nitrogens with zero attached hydrogens (tertiary/aromatic N) is 4. The summed E-state index contributed by atoms with van der Waals surface area (Å²) in [6.45, 7) is 0. The minimum atomic E-state index is -0.585. The number of rotatable bonds is 6. The van der Waals surface area contributed by atoms with Crippen LogP contribution >= 0.6 is 0 Å². The summed E-state index contributed by atoms with van der Waals surface area (Å²) in [5.41, 5.74) is 3.18. The zero-order valence-electron chi connectivity index (χ0n) is 21.6. The maximum absolute atomic E-state index is 13.5. The van der Waals surface area contributed by atoms with Crippen LogP contribution in [0.2, 0.25) is 0 Å². The minimum Gasteiger partial charge on any atom is -0.381 e. The molecule has 2 aliphatic carbocycles. The van der Waals surface area contributed by atoms with Gasteiger partial charge < -0.3 is 15.2 Å². The molecule has 3 heterocycles. The third-order valence-electron chi connectivity index (χ3n) is 6.66. The molecule has 1 amide bonds. The number of nitrogens with one attached hydrogen (secondary N) is 2. The summed E-state index contributed by atoms with van der Waals surface area (Å²) in [6, 6.07) is 11.7. The fraction of sp³-hybridized carbons (Fsp3) is 0.200. The lowest BCUT2D eigenvalue weighted by atomic mass is 10.2. The van der Waals surface area contributed by atoms with Crippen molar-refractivity contribution in [1.82, 2.24) is 19.5 Å². The number of carbonyl (C=O) groups excluding carboxylic acids is 1. The Labute approximate surface area is 232 Å². The van der Waals surface area contributed by atoms with E-state index in [1.165, 1.54) is 42.6 Å². The van der Waals surface area contributed by atoms with E-state index in [-0.39, 0.29) is 17.2 Å². The molecule has 0 radical (unpaired) electrons. The Morgan fingerprint density at radius 1 is 0.756 bits per heavy atom. The quantitative estimate of drug-likeness (QED) is 0.221. The molecule has 7 rings (SSSR count). The first-order chi connectivity index (χ1) is 19.8. The molecule has 0 atom stereocenters. The lowest BCUT2D eigenvalue weighted by Crippen LogP contribution is -2.15. The van der Waals surface area contributed by atoms with Gasteiger partial charge in [0.2, 0.25) is 0 Å². The van der Waals surface area contributed by atoms with Crippen molar-refractivity contribution < 1.29 is 22.4 Å². The topological polar surface area (TPSA) is 84.7 Å². The number of carbonyl (C=O) groups is 1. The first-order valence-corrected chi connectivity index (χ1v) is 13.1. The summed E-state index contributed by atoms with van der Waals surface area (Å²) in [6.07, 6.45) is 9.17. The molecule has 0 unspecified atom stereocenters. The van der Waals surface area contributed by atoms with Gasteiger partial charge in [-0.25, -0.2) is 22.5 Å². The van der Waals surface area contributed by atoms with Crippen LogP contribution in [0, 0.1) is 23.3 Å². The third kappa shape index (κ3) is 6.19. The molecule has 2 aromatic carbocycles. The van der Waals surface area contributed by atoms with Gasteiger partial charge in [-0.3, -0.25) is 14.8 Å². The molecule has 2 saturated carbocycles. The Morgan fingerprint density at radius 3 is 2.17 bits per heavy atom. The average molecular weight is 561 g/mol. The second-order valence-corrected chi connectivity index (χ2v) is 10.0. The van der Waals surface area contributed by atoms with Crippen LogP contribution < -0.4 is 10.6 Å². The highest BCUT2D eigenvalue weighted by atomic mass is 19.1. The third-order valence-corrected chi connectivity index (χ3v) is 6.66. The predicted octanol–water partition coefficient (Wildman–Crippen LogP) is 6.90.